The third kappa shape index (κ3) is 4.39. The van der Waals surface area contributed by atoms with Crippen LogP contribution in [0.5, 0.6) is 5.75 Å². The molecule has 2 heterocycles. The molecule has 0 unspecified atom stereocenters. The lowest BCUT2D eigenvalue weighted by atomic mass is 9.70. The van der Waals surface area contributed by atoms with Crippen molar-refractivity contribution in [1.82, 2.24) is 0 Å². The highest BCUT2D eigenvalue weighted by atomic mass is 19.1. The van der Waals surface area contributed by atoms with Gasteiger partial charge in [0.15, 0.2) is 11.6 Å². The number of hydrogen-bond acceptors (Lipinski definition) is 4. The van der Waals surface area contributed by atoms with Crippen LogP contribution in [0.4, 0.5) is 10.1 Å². The molecular weight excluding hydrogens is 457 g/mol. The largest absolute Gasteiger partial charge is 0.505 e. The van der Waals surface area contributed by atoms with Gasteiger partial charge in [-0.3, -0.25) is 14.5 Å². The van der Waals surface area contributed by atoms with Crippen molar-refractivity contribution >= 4 is 23.6 Å². The first-order chi connectivity index (χ1) is 17.4. The molecule has 4 atom stereocenters. The number of ether oxygens (including phenoxy) is 1. The van der Waals surface area contributed by atoms with Gasteiger partial charge in [-0.2, -0.15) is 0 Å². The molecule has 0 bridgehead atoms. The van der Waals surface area contributed by atoms with Crippen LogP contribution in [0.25, 0.3) is 6.08 Å². The minimum Gasteiger partial charge on any atom is -0.505 e. The van der Waals surface area contributed by atoms with E-state index >= 15 is 0 Å². The van der Waals surface area contributed by atoms with Gasteiger partial charge >= 0.3 is 0 Å². The number of imide groups is 1. The summed E-state index contributed by atoms with van der Waals surface area (Å²) in [5.74, 6) is -1.95. The van der Waals surface area contributed by atoms with Crippen LogP contribution in [0, 0.1) is 23.6 Å². The molecule has 2 aromatic carbocycles. The third-order valence-electron chi connectivity index (χ3n) is 7.81. The van der Waals surface area contributed by atoms with Crippen LogP contribution in [0.3, 0.4) is 0 Å². The van der Waals surface area contributed by atoms with Gasteiger partial charge in [-0.1, -0.05) is 54.8 Å². The number of aromatic hydroxyl groups is 1. The number of fused-ring (bicyclic) bond motifs is 3. The van der Waals surface area contributed by atoms with E-state index in [4.69, 9.17) is 4.74 Å². The molecule has 36 heavy (non-hydrogen) atoms. The Balaban J connectivity index is 1.34. The van der Waals surface area contributed by atoms with E-state index < -0.39 is 5.82 Å². The number of benzene rings is 2. The molecule has 1 N–H and O–H groups in total. The van der Waals surface area contributed by atoms with Gasteiger partial charge in [0, 0.05) is 5.92 Å². The second-order valence-corrected chi connectivity index (χ2v) is 10.2. The SMILES string of the molecule is CCC/C(=C\c1ccc(O)c(F)c1)CC[C@H]1OC[C@H]2C1=C(C)C[C@H]1C(=O)N(c3ccccc3)C(=O)[C@H]12. The van der Waals surface area contributed by atoms with E-state index in [0.717, 1.165) is 31.2 Å². The van der Waals surface area contributed by atoms with Gasteiger partial charge in [0.05, 0.1) is 30.2 Å². The maximum atomic E-state index is 13.8. The van der Waals surface area contributed by atoms with Gasteiger partial charge in [-0.05, 0) is 68.0 Å². The molecule has 0 spiro atoms. The van der Waals surface area contributed by atoms with E-state index in [-0.39, 0.29) is 41.4 Å². The molecule has 0 radical (unpaired) electrons. The summed E-state index contributed by atoms with van der Waals surface area (Å²) in [6.07, 6.45) is 5.93. The molecule has 2 amide bonds. The molecule has 2 aliphatic heterocycles. The number of carbonyl (C=O) groups excluding carboxylic acids is 2. The number of para-hydroxylation sites is 1. The summed E-state index contributed by atoms with van der Waals surface area (Å²) in [4.78, 5) is 28.1. The van der Waals surface area contributed by atoms with E-state index in [1.807, 2.05) is 36.4 Å². The highest BCUT2D eigenvalue weighted by molar-refractivity contribution is 6.22. The monoisotopic (exact) mass is 489 g/mol. The first-order valence-corrected chi connectivity index (χ1v) is 12.8. The van der Waals surface area contributed by atoms with E-state index in [9.17, 15) is 19.1 Å². The summed E-state index contributed by atoms with van der Waals surface area (Å²) in [6.45, 7) is 4.64. The zero-order valence-electron chi connectivity index (χ0n) is 20.7. The van der Waals surface area contributed by atoms with Crippen molar-refractivity contribution in [3.8, 4) is 5.75 Å². The van der Waals surface area contributed by atoms with Crippen LogP contribution in [0.2, 0.25) is 0 Å². The van der Waals surface area contributed by atoms with Crippen LogP contribution in [-0.4, -0.2) is 29.6 Å². The number of hydrogen-bond donors (Lipinski definition) is 1. The number of allylic oxidation sites excluding steroid dienone is 2. The third-order valence-corrected chi connectivity index (χ3v) is 7.81. The second kappa shape index (κ2) is 10.0. The molecule has 5 nitrogen and oxygen atoms in total. The minimum absolute atomic E-state index is 0.0660. The van der Waals surface area contributed by atoms with Gasteiger partial charge in [0.25, 0.3) is 0 Å². The number of phenols is 1. The van der Waals surface area contributed by atoms with E-state index in [2.05, 4.69) is 13.8 Å². The van der Waals surface area contributed by atoms with Crippen LogP contribution in [0.15, 0.2) is 65.3 Å². The lowest BCUT2D eigenvalue weighted by molar-refractivity contribution is -0.122. The molecule has 1 aliphatic carbocycles. The summed E-state index contributed by atoms with van der Waals surface area (Å²) in [7, 11) is 0. The smallest absolute Gasteiger partial charge is 0.238 e. The zero-order valence-corrected chi connectivity index (χ0v) is 20.7. The molecule has 6 heteroatoms. The van der Waals surface area contributed by atoms with Crippen LogP contribution in [0.1, 0.15) is 51.5 Å². The fourth-order valence-corrected chi connectivity index (χ4v) is 6.22. The Morgan fingerprint density at radius 1 is 1.11 bits per heavy atom. The molecule has 188 valence electrons. The Kier molecular flexibility index (Phi) is 6.80. The molecule has 3 aliphatic rings. The Morgan fingerprint density at radius 3 is 2.61 bits per heavy atom. The average Bonchev–Trinajstić information content (AvgIpc) is 3.39. The number of carbonyl (C=O) groups is 2. The first kappa shape index (κ1) is 24.4. The maximum Gasteiger partial charge on any atom is 0.238 e. The van der Waals surface area contributed by atoms with Crippen molar-refractivity contribution in [2.24, 2.45) is 17.8 Å². The quantitative estimate of drug-likeness (QED) is 0.381. The van der Waals surface area contributed by atoms with Gasteiger partial charge < -0.3 is 9.84 Å². The predicted octanol–water partition coefficient (Wildman–Crippen LogP) is 6.04. The van der Waals surface area contributed by atoms with E-state index in [1.165, 1.54) is 33.8 Å². The average molecular weight is 490 g/mol. The summed E-state index contributed by atoms with van der Waals surface area (Å²) >= 11 is 0. The first-order valence-electron chi connectivity index (χ1n) is 12.8. The van der Waals surface area contributed by atoms with Crippen molar-refractivity contribution in [2.45, 2.75) is 52.1 Å². The van der Waals surface area contributed by atoms with Crippen molar-refractivity contribution in [3.63, 3.8) is 0 Å². The number of amides is 2. The Morgan fingerprint density at radius 2 is 1.89 bits per heavy atom. The van der Waals surface area contributed by atoms with Crippen molar-refractivity contribution in [1.29, 1.82) is 0 Å². The molecule has 0 aromatic heterocycles. The minimum atomic E-state index is -0.626. The summed E-state index contributed by atoms with van der Waals surface area (Å²) in [5.41, 5.74) is 4.92. The lowest BCUT2D eigenvalue weighted by Gasteiger charge is -2.30. The standard InChI is InChI=1S/C30H32FNO4/c1-3-7-19(15-20-10-12-25(33)24(31)16-20)11-13-26-27-18(2)14-22-28(23(27)17-36-26)30(35)32(29(22)34)21-8-5-4-6-9-21/h4-6,8-10,12,15-16,22-23,26,28,33H,3,7,11,13-14,17H2,1-2H3/b19-15+/t22-,23+,26-,28-/m1/s1. The summed E-state index contributed by atoms with van der Waals surface area (Å²) in [6, 6.07) is 13.6. The molecule has 2 saturated heterocycles. The second-order valence-electron chi connectivity index (χ2n) is 10.2. The van der Waals surface area contributed by atoms with Crippen molar-refractivity contribution in [3.05, 3.63) is 76.6 Å². The van der Waals surface area contributed by atoms with Crippen LogP contribution in [-0.2, 0) is 14.3 Å². The van der Waals surface area contributed by atoms with Gasteiger partial charge in [-0.15, -0.1) is 0 Å². The zero-order chi connectivity index (χ0) is 25.4. The number of phenolic OH excluding ortho intramolecular Hbond substituents is 1. The van der Waals surface area contributed by atoms with E-state index in [1.54, 1.807) is 6.07 Å². The topological polar surface area (TPSA) is 66.8 Å². The normalized spacial score (nSPS) is 26.0. The number of halogens is 1. The number of anilines is 1. The highest BCUT2D eigenvalue weighted by Gasteiger charge is 2.56. The fraction of sp³-hybridized carbons (Fsp3) is 0.400. The molecular formula is C30H32FNO4. The van der Waals surface area contributed by atoms with Gasteiger partial charge in [-0.25, -0.2) is 4.39 Å². The van der Waals surface area contributed by atoms with Crippen molar-refractivity contribution in [2.75, 3.05) is 11.5 Å². The van der Waals surface area contributed by atoms with Crippen LogP contribution >= 0.6 is 0 Å². The Hall–Kier alpha value is -3.25. The Bertz CT molecular complexity index is 1230. The summed E-state index contributed by atoms with van der Waals surface area (Å²) in [5, 5.41) is 9.48. The summed E-state index contributed by atoms with van der Waals surface area (Å²) < 4.78 is 20.1. The molecule has 5 rings (SSSR count). The number of rotatable bonds is 7. The van der Waals surface area contributed by atoms with Gasteiger partial charge in [0.2, 0.25) is 11.8 Å². The van der Waals surface area contributed by atoms with Crippen molar-refractivity contribution < 1.29 is 23.8 Å². The van der Waals surface area contributed by atoms with E-state index in [0.29, 0.717) is 18.7 Å². The predicted molar refractivity (Wildman–Crippen MR) is 137 cm³/mol. The Labute approximate surface area is 211 Å². The molecule has 2 fully saturated rings. The maximum absolute atomic E-state index is 13.8. The molecule has 2 aromatic rings. The fourth-order valence-electron chi connectivity index (χ4n) is 6.22. The molecule has 0 saturated carbocycles. The van der Waals surface area contributed by atoms with Crippen LogP contribution < -0.4 is 4.90 Å². The highest BCUT2D eigenvalue weighted by Crippen LogP contribution is 2.50. The number of nitrogens with zero attached hydrogens (tertiary/aromatic N) is 1. The van der Waals surface area contributed by atoms with Gasteiger partial charge in [0.1, 0.15) is 0 Å². The lowest BCUT2D eigenvalue weighted by Crippen LogP contribution is -2.34.